The monoisotopic (exact) mass is 879 g/mol. The van der Waals surface area contributed by atoms with Crippen LogP contribution in [0.3, 0.4) is 0 Å². The van der Waals surface area contributed by atoms with E-state index in [2.05, 4.69) is 15.0 Å². The second-order valence-corrected chi connectivity index (χ2v) is 18.9. The number of halogens is 2. The second-order valence-electron chi connectivity index (χ2n) is 13.4. The molecule has 6 heterocycles. The van der Waals surface area contributed by atoms with Crippen molar-refractivity contribution in [2.45, 2.75) is 61.9 Å². The first-order valence-corrected chi connectivity index (χ1v) is 22.2. The number of aromatic amines is 1. The molecule has 2 aromatic carbocycles. The highest BCUT2D eigenvalue weighted by atomic mass is 32.7. The number of aryl methyl sites for hydroxylation is 1. The molecule has 0 spiro atoms. The number of alkyl halides is 2. The summed E-state index contributed by atoms with van der Waals surface area (Å²) in [5, 5.41) is 0. The smallest absolute Gasteiger partial charge is 0.423 e. The fourth-order valence-electron chi connectivity index (χ4n) is 6.45. The molecule has 312 valence electrons. The zero-order chi connectivity index (χ0) is 41.6. The first kappa shape index (κ1) is 41.1. The lowest BCUT2D eigenvalue weighted by Gasteiger charge is -2.27. The lowest BCUT2D eigenvalue weighted by atomic mass is 10.1. The number of ether oxygens (including phenoxy) is 3. The predicted molar refractivity (Wildman–Crippen MR) is 202 cm³/mol. The van der Waals surface area contributed by atoms with E-state index in [-0.39, 0.29) is 28.5 Å². The summed E-state index contributed by atoms with van der Waals surface area (Å²) in [6.07, 6.45) is -11.8. The third kappa shape index (κ3) is 8.67. The minimum atomic E-state index is -5.30. The van der Waals surface area contributed by atoms with Gasteiger partial charge in [-0.1, -0.05) is 29.8 Å². The number of phosphoric ester groups is 1. The summed E-state index contributed by atoms with van der Waals surface area (Å²) in [6, 6.07) is 13.9. The SMILES string of the molecule is Cc1ccc(C(=O)Oc2ccc(CSP3(=O)OC[C@H]4O[C@@H](n5ccc(=O)[nH]c5=O)[C@H](OP(=O)(O)OC[C@H]5O[C@@H](n6cnc7c(N)ncnc76)[C@H](F)[C@@H]5O3)[C@@H]4F)cc2)cc1. The molecule has 0 aliphatic carbocycles. The number of H-pyrrole nitrogens is 1. The molecule has 0 radical (unpaired) electrons. The van der Waals surface area contributed by atoms with Gasteiger partial charge in [-0.15, -0.1) is 0 Å². The molecular formula is C34H33F2N7O13P2S. The van der Waals surface area contributed by atoms with E-state index in [9.17, 15) is 28.4 Å². The maximum absolute atomic E-state index is 16.7. The molecule has 3 aliphatic heterocycles. The number of nitrogen functional groups attached to an aromatic ring is 1. The van der Waals surface area contributed by atoms with Gasteiger partial charge in [-0.05, 0) is 48.1 Å². The summed E-state index contributed by atoms with van der Waals surface area (Å²) in [6.45, 7) is -4.57. The van der Waals surface area contributed by atoms with Gasteiger partial charge in [-0.3, -0.25) is 37.0 Å². The summed E-state index contributed by atoms with van der Waals surface area (Å²) >= 11 is 0.585. The molecule has 20 nitrogen and oxygen atoms in total. The topological polar surface area (TPSA) is 261 Å². The molecule has 8 rings (SSSR count). The van der Waals surface area contributed by atoms with Crippen molar-refractivity contribution in [3.63, 3.8) is 0 Å². The Kier molecular flexibility index (Phi) is 11.4. The van der Waals surface area contributed by atoms with Crippen LogP contribution in [-0.4, -0.2) is 89.9 Å². The zero-order valence-corrected chi connectivity index (χ0v) is 33.0. The lowest BCUT2D eigenvalue weighted by Crippen LogP contribution is -2.37. The highest BCUT2D eigenvalue weighted by molar-refractivity contribution is 8.54. The molecule has 0 saturated carbocycles. The Morgan fingerprint density at radius 2 is 1.66 bits per heavy atom. The Hall–Kier alpha value is -4.67. The average Bonchev–Trinajstić information content (AvgIpc) is 3.86. The van der Waals surface area contributed by atoms with Gasteiger partial charge < -0.3 is 24.8 Å². The van der Waals surface area contributed by atoms with Gasteiger partial charge in [-0.25, -0.2) is 42.5 Å². The van der Waals surface area contributed by atoms with Gasteiger partial charge in [-0.2, -0.15) is 0 Å². The van der Waals surface area contributed by atoms with Crippen LogP contribution < -0.4 is 21.7 Å². The summed E-state index contributed by atoms with van der Waals surface area (Å²) in [5.74, 6) is -0.502. The molecule has 3 aromatic heterocycles. The van der Waals surface area contributed by atoms with Crippen molar-refractivity contribution < 1.29 is 59.9 Å². The number of esters is 1. The molecule has 5 aromatic rings. The number of nitrogens with zero attached hydrogens (tertiary/aromatic N) is 5. The Morgan fingerprint density at radius 1 is 0.932 bits per heavy atom. The number of hydrogen-bond acceptors (Lipinski definition) is 17. The Labute approximate surface area is 334 Å². The fourth-order valence-corrected chi connectivity index (χ4v) is 10.8. The maximum Gasteiger partial charge on any atom is 0.472 e. The zero-order valence-electron chi connectivity index (χ0n) is 30.4. The predicted octanol–water partition coefficient (Wildman–Crippen LogP) is 3.92. The van der Waals surface area contributed by atoms with Crippen LogP contribution in [0.2, 0.25) is 0 Å². The first-order chi connectivity index (χ1) is 28.2. The van der Waals surface area contributed by atoms with Crippen LogP contribution in [0.4, 0.5) is 14.6 Å². The number of hydrogen-bond donors (Lipinski definition) is 3. The van der Waals surface area contributed by atoms with Crippen LogP contribution in [0.5, 0.6) is 5.75 Å². The van der Waals surface area contributed by atoms with Crippen LogP contribution in [0, 0.1) is 6.92 Å². The Balaban J connectivity index is 1.08. The maximum atomic E-state index is 16.7. The summed E-state index contributed by atoms with van der Waals surface area (Å²) in [7, 11) is -5.30. The van der Waals surface area contributed by atoms with Crippen molar-refractivity contribution in [3.8, 4) is 5.75 Å². The van der Waals surface area contributed by atoms with E-state index >= 15 is 8.78 Å². The minimum Gasteiger partial charge on any atom is -0.423 e. The van der Waals surface area contributed by atoms with Gasteiger partial charge in [0.05, 0.1) is 25.1 Å². The standard InChI is InChI=1S/C34H33F2N7O13P2S/c1-17-2-6-19(7-3-17)33(45)52-20-8-4-18(5-9-20)14-59-58(49)51-12-21-24(35)28(32(53-21)42-11-10-23(44)41-34(42)46)55-57(47,48)50-13-22-27(56-58)25(36)31(54-22)43-16-40-26-29(37)38-15-39-30(26)43/h2-11,15-16,21-22,24-25,27-28,31-32H,12-14H2,1H3,(H,47,48)(H2,37,38,39)(H,41,44,46)/t21-,22-,24-,25-,27-,28-,31-,32-,58?/m1/s1. The number of anilines is 1. The normalized spacial score (nSPS) is 31.2. The van der Waals surface area contributed by atoms with E-state index in [1.165, 1.54) is 23.0 Å². The molecule has 3 fully saturated rings. The number of phosphoric acid groups is 1. The van der Waals surface area contributed by atoms with E-state index in [4.69, 9.17) is 38.0 Å². The van der Waals surface area contributed by atoms with Gasteiger partial charge >= 0.3 is 26.3 Å². The van der Waals surface area contributed by atoms with E-state index < -0.39 is 94.3 Å². The number of nitrogens with one attached hydrogen (secondary N) is 1. The number of aromatic nitrogens is 6. The molecule has 25 heteroatoms. The second kappa shape index (κ2) is 16.4. The third-order valence-corrected chi connectivity index (χ3v) is 14.1. The largest absolute Gasteiger partial charge is 0.472 e. The van der Waals surface area contributed by atoms with Gasteiger partial charge in [0.25, 0.3) is 5.56 Å². The summed E-state index contributed by atoms with van der Waals surface area (Å²) in [5.41, 5.74) is 6.05. The molecule has 3 aliphatic rings. The van der Waals surface area contributed by atoms with Crippen molar-refractivity contribution in [2.24, 2.45) is 0 Å². The van der Waals surface area contributed by atoms with Crippen molar-refractivity contribution in [1.82, 2.24) is 29.1 Å². The van der Waals surface area contributed by atoms with Crippen LogP contribution in [0.15, 0.2) is 83.0 Å². The highest BCUT2D eigenvalue weighted by Gasteiger charge is 2.55. The van der Waals surface area contributed by atoms with Gasteiger partial charge in [0.1, 0.15) is 42.0 Å². The molecular weight excluding hydrogens is 846 g/mol. The average molecular weight is 880 g/mol. The van der Waals surface area contributed by atoms with Gasteiger partial charge in [0.2, 0.25) is 0 Å². The number of imidazole rings is 1. The number of fused-ring (bicyclic) bond motifs is 4. The lowest BCUT2D eigenvalue weighted by molar-refractivity contribution is -0.0652. The van der Waals surface area contributed by atoms with E-state index in [0.717, 1.165) is 28.7 Å². The molecule has 59 heavy (non-hydrogen) atoms. The number of rotatable bonds is 7. The number of carbonyl (C=O) groups excluding carboxylic acids is 1. The van der Waals surface area contributed by atoms with Crippen molar-refractivity contribution in [2.75, 3.05) is 18.9 Å². The number of nitrogens with two attached hydrogens (primary N) is 1. The van der Waals surface area contributed by atoms with Crippen molar-refractivity contribution in [3.05, 3.63) is 111 Å². The molecule has 0 amide bonds. The summed E-state index contributed by atoms with van der Waals surface area (Å²) < 4.78 is 102. The van der Waals surface area contributed by atoms with E-state index in [1.807, 2.05) is 11.9 Å². The minimum absolute atomic E-state index is 0.0140. The number of carbonyl (C=O) groups is 1. The van der Waals surface area contributed by atoms with Gasteiger partial charge in [0.15, 0.2) is 36.3 Å². The molecule has 2 unspecified atom stereocenters. The van der Waals surface area contributed by atoms with Gasteiger partial charge in [0, 0.05) is 18.0 Å². The molecule has 10 atom stereocenters. The van der Waals surface area contributed by atoms with E-state index in [0.29, 0.717) is 22.5 Å². The van der Waals surface area contributed by atoms with Crippen molar-refractivity contribution >= 4 is 49.0 Å². The molecule has 2 bridgehead atoms. The molecule has 4 N–H and O–H groups in total. The van der Waals surface area contributed by atoms with Crippen LogP contribution in [0.1, 0.15) is 33.9 Å². The first-order valence-electron chi connectivity index (χ1n) is 17.6. The van der Waals surface area contributed by atoms with Crippen LogP contribution in [-0.2, 0) is 42.5 Å². The Morgan fingerprint density at radius 3 is 2.41 bits per heavy atom. The molecule has 3 saturated heterocycles. The quantitative estimate of drug-likeness (QED) is 0.119. The van der Waals surface area contributed by atoms with Crippen molar-refractivity contribution in [1.29, 1.82) is 0 Å². The van der Waals surface area contributed by atoms with Crippen LogP contribution >= 0.6 is 26.0 Å². The highest BCUT2D eigenvalue weighted by Crippen LogP contribution is 2.65. The third-order valence-electron chi connectivity index (χ3n) is 9.43. The van der Waals surface area contributed by atoms with Crippen LogP contribution in [0.25, 0.3) is 11.2 Å². The summed E-state index contributed by atoms with van der Waals surface area (Å²) in [4.78, 5) is 62.0. The van der Waals surface area contributed by atoms with E-state index in [1.54, 1.807) is 36.4 Å². The number of benzene rings is 2. The fraction of sp³-hybridized carbons (Fsp3) is 0.353. The Bertz CT molecular complexity index is 2580.